The monoisotopic (exact) mass is 290 g/mol. The van der Waals surface area contributed by atoms with Crippen molar-refractivity contribution in [3.05, 3.63) is 29.8 Å². The molecule has 0 saturated carbocycles. The topological polar surface area (TPSA) is 75.7 Å². The van der Waals surface area contributed by atoms with Gasteiger partial charge >= 0.3 is 6.03 Å². The Hall–Kier alpha value is -2.37. The van der Waals surface area contributed by atoms with Crippen molar-refractivity contribution in [2.75, 3.05) is 7.11 Å². The first-order chi connectivity index (χ1) is 10.1. The Bertz CT molecular complexity index is 571. The van der Waals surface area contributed by atoms with Gasteiger partial charge in [-0.2, -0.15) is 0 Å². The number of imide groups is 2. The molecule has 1 aromatic carbocycles. The molecular weight excluding hydrogens is 272 g/mol. The van der Waals surface area contributed by atoms with Crippen LogP contribution in [0.4, 0.5) is 4.79 Å². The van der Waals surface area contributed by atoms with Crippen LogP contribution in [0.25, 0.3) is 0 Å². The third-order valence-corrected chi connectivity index (χ3v) is 3.41. The Balaban J connectivity index is 2.18. The van der Waals surface area contributed by atoms with Crippen LogP contribution in [0.1, 0.15) is 25.3 Å². The minimum Gasteiger partial charge on any atom is -0.497 e. The van der Waals surface area contributed by atoms with E-state index in [4.69, 9.17) is 4.74 Å². The molecule has 0 aromatic heterocycles. The van der Waals surface area contributed by atoms with Crippen molar-refractivity contribution in [3.63, 3.8) is 0 Å². The zero-order chi connectivity index (χ0) is 15.4. The molecule has 6 nitrogen and oxygen atoms in total. The maximum atomic E-state index is 12.3. The van der Waals surface area contributed by atoms with E-state index >= 15 is 0 Å². The number of methoxy groups -OCH3 is 1. The van der Waals surface area contributed by atoms with Crippen molar-refractivity contribution in [2.45, 2.75) is 26.3 Å². The molecule has 112 valence electrons. The predicted octanol–water partition coefficient (Wildman–Crippen LogP) is 1.69. The summed E-state index contributed by atoms with van der Waals surface area (Å²) in [7, 11) is 1.55. The molecule has 0 radical (unpaired) electrons. The molecular formula is C15H18N2O4. The fraction of sp³-hybridized carbons (Fsp3) is 0.400. The molecule has 1 aliphatic rings. The summed E-state index contributed by atoms with van der Waals surface area (Å²) in [5.74, 6) is -1.07. The maximum absolute atomic E-state index is 12.3. The number of ether oxygens (including phenoxy) is 1. The van der Waals surface area contributed by atoms with Crippen LogP contribution in [-0.2, 0) is 16.1 Å². The highest BCUT2D eigenvalue weighted by molar-refractivity contribution is 6.16. The summed E-state index contributed by atoms with van der Waals surface area (Å²) < 4.78 is 5.12. The van der Waals surface area contributed by atoms with Crippen LogP contribution < -0.4 is 10.1 Å². The third kappa shape index (κ3) is 3.21. The number of amides is 4. The molecule has 1 atom stereocenters. The zero-order valence-corrected chi connectivity index (χ0v) is 12.1. The van der Waals surface area contributed by atoms with Gasteiger partial charge in [-0.3, -0.25) is 19.8 Å². The quantitative estimate of drug-likeness (QED) is 0.837. The van der Waals surface area contributed by atoms with E-state index in [1.807, 2.05) is 6.92 Å². The van der Waals surface area contributed by atoms with E-state index in [0.717, 1.165) is 10.5 Å². The van der Waals surface area contributed by atoms with Gasteiger partial charge in [-0.1, -0.05) is 25.5 Å². The van der Waals surface area contributed by atoms with E-state index in [0.29, 0.717) is 18.6 Å². The van der Waals surface area contributed by atoms with Crippen LogP contribution in [0.5, 0.6) is 5.75 Å². The normalized spacial score (nSPS) is 18.7. The molecule has 0 bridgehead atoms. The summed E-state index contributed by atoms with van der Waals surface area (Å²) in [5, 5.41) is 2.24. The van der Waals surface area contributed by atoms with Crippen molar-refractivity contribution in [2.24, 2.45) is 5.92 Å². The number of carbonyl (C=O) groups excluding carboxylic acids is 3. The fourth-order valence-corrected chi connectivity index (χ4v) is 2.31. The highest BCUT2D eigenvalue weighted by Gasteiger charge is 2.39. The number of hydrogen-bond donors (Lipinski definition) is 1. The molecule has 0 spiro atoms. The molecule has 1 unspecified atom stereocenters. The zero-order valence-electron chi connectivity index (χ0n) is 12.1. The largest absolute Gasteiger partial charge is 0.497 e. The second kappa shape index (κ2) is 6.39. The first-order valence-electron chi connectivity index (χ1n) is 6.86. The number of benzene rings is 1. The van der Waals surface area contributed by atoms with Crippen LogP contribution in [-0.4, -0.2) is 29.9 Å². The summed E-state index contributed by atoms with van der Waals surface area (Å²) in [6.45, 7) is 2.01. The van der Waals surface area contributed by atoms with Gasteiger partial charge in [0.15, 0.2) is 0 Å². The molecule has 1 aliphatic heterocycles. The SMILES string of the molecule is CCCC1C(=O)NC(=O)N(Cc2cccc(OC)c2)C1=O. The number of rotatable bonds is 5. The molecule has 1 fully saturated rings. The lowest BCUT2D eigenvalue weighted by molar-refractivity contribution is -0.143. The van der Waals surface area contributed by atoms with E-state index in [2.05, 4.69) is 5.32 Å². The summed E-state index contributed by atoms with van der Waals surface area (Å²) in [4.78, 5) is 37.0. The van der Waals surface area contributed by atoms with E-state index in [1.54, 1.807) is 31.4 Å². The van der Waals surface area contributed by atoms with Gasteiger partial charge in [0.05, 0.1) is 13.7 Å². The van der Waals surface area contributed by atoms with Crippen molar-refractivity contribution >= 4 is 17.8 Å². The van der Waals surface area contributed by atoms with Crippen molar-refractivity contribution in [1.82, 2.24) is 10.2 Å². The van der Waals surface area contributed by atoms with Gasteiger partial charge in [0.25, 0.3) is 0 Å². The Morgan fingerprint density at radius 2 is 2.05 bits per heavy atom. The number of barbiturate groups is 1. The summed E-state index contributed by atoms with van der Waals surface area (Å²) in [6.07, 6.45) is 1.14. The first-order valence-corrected chi connectivity index (χ1v) is 6.86. The van der Waals surface area contributed by atoms with Gasteiger partial charge in [0.1, 0.15) is 11.7 Å². The van der Waals surface area contributed by atoms with Gasteiger partial charge < -0.3 is 4.74 Å². The van der Waals surface area contributed by atoms with Crippen molar-refractivity contribution in [3.8, 4) is 5.75 Å². The Kier molecular flexibility index (Phi) is 4.57. The average molecular weight is 290 g/mol. The highest BCUT2D eigenvalue weighted by atomic mass is 16.5. The van der Waals surface area contributed by atoms with E-state index < -0.39 is 23.8 Å². The number of nitrogens with one attached hydrogen (secondary N) is 1. The molecule has 6 heteroatoms. The van der Waals surface area contributed by atoms with Crippen LogP contribution in [0.2, 0.25) is 0 Å². The Labute approximate surface area is 123 Å². The van der Waals surface area contributed by atoms with Crippen molar-refractivity contribution < 1.29 is 19.1 Å². The van der Waals surface area contributed by atoms with Gasteiger partial charge in [-0.15, -0.1) is 0 Å². The Morgan fingerprint density at radius 1 is 1.29 bits per heavy atom. The van der Waals surface area contributed by atoms with Crippen molar-refractivity contribution in [1.29, 1.82) is 0 Å². The highest BCUT2D eigenvalue weighted by Crippen LogP contribution is 2.20. The van der Waals surface area contributed by atoms with Crippen LogP contribution in [0.3, 0.4) is 0 Å². The number of urea groups is 1. The third-order valence-electron chi connectivity index (χ3n) is 3.41. The van der Waals surface area contributed by atoms with E-state index in [-0.39, 0.29) is 6.54 Å². The standard InChI is InChI=1S/C15H18N2O4/c1-3-5-12-13(18)16-15(20)17(14(12)19)9-10-6-4-7-11(8-10)21-2/h4,6-8,12H,3,5,9H2,1-2H3,(H,16,18,20). The van der Waals surface area contributed by atoms with E-state index in [9.17, 15) is 14.4 Å². The van der Waals surface area contributed by atoms with Gasteiger partial charge in [0.2, 0.25) is 11.8 Å². The van der Waals surface area contributed by atoms with Crippen LogP contribution in [0.15, 0.2) is 24.3 Å². The molecule has 0 aliphatic carbocycles. The van der Waals surface area contributed by atoms with Gasteiger partial charge in [-0.25, -0.2) is 4.79 Å². The lowest BCUT2D eigenvalue weighted by Gasteiger charge is -2.30. The van der Waals surface area contributed by atoms with Crippen LogP contribution in [0, 0.1) is 5.92 Å². The summed E-state index contributed by atoms with van der Waals surface area (Å²) in [6, 6.07) is 6.46. The fourth-order valence-electron chi connectivity index (χ4n) is 2.31. The summed E-state index contributed by atoms with van der Waals surface area (Å²) >= 11 is 0. The molecule has 4 amide bonds. The number of nitrogens with zero attached hydrogens (tertiary/aromatic N) is 1. The molecule has 1 heterocycles. The minimum atomic E-state index is -0.779. The molecule has 1 aromatic rings. The number of carbonyl (C=O) groups is 3. The second-order valence-corrected chi connectivity index (χ2v) is 4.91. The first kappa shape index (κ1) is 15.0. The average Bonchev–Trinajstić information content (AvgIpc) is 2.48. The predicted molar refractivity (Wildman–Crippen MR) is 75.5 cm³/mol. The van der Waals surface area contributed by atoms with Gasteiger partial charge in [0, 0.05) is 0 Å². The van der Waals surface area contributed by atoms with E-state index in [1.165, 1.54) is 0 Å². The molecule has 2 rings (SSSR count). The summed E-state index contributed by atoms with van der Waals surface area (Å²) in [5.41, 5.74) is 0.766. The minimum absolute atomic E-state index is 0.120. The molecule has 21 heavy (non-hydrogen) atoms. The smallest absolute Gasteiger partial charge is 0.331 e. The lowest BCUT2D eigenvalue weighted by atomic mass is 9.99. The molecule has 1 saturated heterocycles. The number of hydrogen-bond acceptors (Lipinski definition) is 4. The maximum Gasteiger partial charge on any atom is 0.331 e. The molecule has 1 N–H and O–H groups in total. The van der Waals surface area contributed by atoms with Gasteiger partial charge in [-0.05, 0) is 24.1 Å². The second-order valence-electron chi connectivity index (χ2n) is 4.91. The van der Waals surface area contributed by atoms with Crippen LogP contribution >= 0.6 is 0 Å². The Morgan fingerprint density at radius 3 is 2.71 bits per heavy atom. The lowest BCUT2D eigenvalue weighted by Crippen LogP contribution is -2.57.